The minimum Gasteiger partial charge on any atom is -0.398 e. The summed E-state index contributed by atoms with van der Waals surface area (Å²) in [6.07, 6.45) is 4.04. The number of anilines is 1. The summed E-state index contributed by atoms with van der Waals surface area (Å²) in [7, 11) is 0. The van der Waals surface area contributed by atoms with E-state index in [0.29, 0.717) is 17.7 Å². The number of hydrogen-bond acceptors (Lipinski definition) is 2. The molecule has 0 aliphatic heterocycles. The van der Waals surface area contributed by atoms with Crippen LogP contribution in [0.15, 0.2) is 18.2 Å². The first-order chi connectivity index (χ1) is 6.65. The molecule has 0 aromatic heterocycles. The first kappa shape index (κ1) is 10.7. The summed E-state index contributed by atoms with van der Waals surface area (Å²) in [5.41, 5.74) is 7.73. The number of aliphatic hydroxyl groups is 1. The molecule has 76 valence electrons. The summed E-state index contributed by atoms with van der Waals surface area (Å²) in [6.45, 7) is 1.85. The molecule has 2 nitrogen and oxygen atoms in total. The Morgan fingerprint density at radius 2 is 2.21 bits per heavy atom. The summed E-state index contributed by atoms with van der Waals surface area (Å²) in [4.78, 5) is 0. The van der Waals surface area contributed by atoms with Crippen LogP contribution in [0.2, 0.25) is 0 Å². The van der Waals surface area contributed by atoms with Gasteiger partial charge in [0, 0.05) is 17.9 Å². The SMILES string of the molecule is Cc1cc(F)cc(C=CCCO)c1N. The zero-order chi connectivity index (χ0) is 10.6. The lowest BCUT2D eigenvalue weighted by atomic mass is 10.1. The van der Waals surface area contributed by atoms with Gasteiger partial charge in [0.05, 0.1) is 0 Å². The Labute approximate surface area is 82.9 Å². The molecule has 0 spiro atoms. The van der Waals surface area contributed by atoms with Crippen molar-refractivity contribution >= 4 is 11.8 Å². The molecule has 1 aromatic rings. The molecule has 1 rings (SSSR count). The number of aliphatic hydroxyl groups excluding tert-OH is 1. The summed E-state index contributed by atoms with van der Waals surface area (Å²) in [6, 6.07) is 2.79. The molecule has 0 unspecified atom stereocenters. The number of hydrogen-bond donors (Lipinski definition) is 2. The standard InChI is InChI=1S/C11H14FNO/c1-8-6-10(12)7-9(11(8)13)4-2-3-5-14/h2,4,6-7,14H,3,5,13H2,1H3. The summed E-state index contributed by atoms with van der Waals surface area (Å²) in [5, 5.41) is 8.57. The molecular formula is C11H14FNO. The van der Waals surface area contributed by atoms with Crippen molar-refractivity contribution in [1.29, 1.82) is 0 Å². The summed E-state index contributed by atoms with van der Waals surface area (Å²) in [5.74, 6) is -0.291. The van der Waals surface area contributed by atoms with Crippen LogP contribution in [0, 0.1) is 12.7 Å². The fraction of sp³-hybridized carbons (Fsp3) is 0.273. The van der Waals surface area contributed by atoms with Gasteiger partial charge in [0.25, 0.3) is 0 Å². The van der Waals surface area contributed by atoms with E-state index in [2.05, 4.69) is 0 Å². The Balaban J connectivity index is 2.96. The third-order valence-electron chi connectivity index (χ3n) is 1.98. The lowest BCUT2D eigenvalue weighted by molar-refractivity contribution is 0.303. The van der Waals surface area contributed by atoms with Crippen molar-refractivity contribution in [2.75, 3.05) is 12.3 Å². The molecule has 1 aromatic carbocycles. The first-order valence-electron chi connectivity index (χ1n) is 4.48. The topological polar surface area (TPSA) is 46.2 Å². The third-order valence-corrected chi connectivity index (χ3v) is 1.98. The van der Waals surface area contributed by atoms with Crippen molar-refractivity contribution < 1.29 is 9.50 Å². The first-order valence-corrected chi connectivity index (χ1v) is 4.48. The van der Waals surface area contributed by atoms with E-state index in [1.54, 1.807) is 19.1 Å². The van der Waals surface area contributed by atoms with E-state index < -0.39 is 0 Å². The van der Waals surface area contributed by atoms with Gasteiger partial charge in [0.2, 0.25) is 0 Å². The molecule has 0 aliphatic rings. The lowest BCUT2D eigenvalue weighted by Gasteiger charge is -2.04. The van der Waals surface area contributed by atoms with Crippen LogP contribution in [0.1, 0.15) is 17.5 Å². The fourth-order valence-electron chi connectivity index (χ4n) is 1.20. The van der Waals surface area contributed by atoms with E-state index in [-0.39, 0.29) is 12.4 Å². The number of rotatable bonds is 3. The second-order valence-electron chi connectivity index (χ2n) is 3.14. The molecule has 0 amide bonds. The molecule has 3 N–H and O–H groups in total. The van der Waals surface area contributed by atoms with Crippen molar-refractivity contribution in [2.24, 2.45) is 0 Å². The largest absolute Gasteiger partial charge is 0.398 e. The highest BCUT2D eigenvalue weighted by Crippen LogP contribution is 2.20. The maximum Gasteiger partial charge on any atom is 0.124 e. The van der Waals surface area contributed by atoms with Crippen LogP contribution < -0.4 is 5.73 Å². The van der Waals surface area contributed by atoms with Crippen molar-refractivity contribution in [1.82, 2.24) is 0 Å². The van der Waals surface area contributed by atoms with E-state index in [0.717, 1.165) is 5.56 Å². The van der Waals surface area contributed by atoms with E-state index in [1.165, 1.54) is 12.1 Å². The fourth-order valence-corrected chi connectivity index (χ4v) is 1.20. The highest BCUT2D eigenvalue weighted by molar-refractivity contribution is 5.67. The minimum absolute atomic E-state index is 0.0880. The molecule has 0 radical (unpaired) electrons. The van der Waals surface area contributed by atoms with E-state index in [4.69, 9.17) is 10.8 Å². The lowest BCUT2D eigenvalue weighted by Crippen LogP contribution is -1.94. The van der Waals surface area contributed by atoms with Gasteiger partial charge in [0.1, 0.15) is 5.82 Å². The Morgan fingerprint density at radius 1 is 1.50 bits per heavy atom. The van der Waals surface area contributed by atoms with Gasteiger partial charge in [-0.05, 0) is 31.0 Å². The average molecular weight is 195 g/mol. The van der Waals surface area contributed by atoms with Gasteiger partial charge >= 0.3 is 0 Å². The zero-order valence-corrected chi connectivity index (χ0v) is 8.13. The van der Waals surface area contributed by atoms with Crippen LogP contribution in [-0.2, 0) is 0 Å². The normalized spacial score (nSPS) is 11.1. The molecule has 0 saturated carbocycles. The van der Waals surface area contributed by atoms with E-state index >= 15 is 0 Å². The van der Waals surface area contributed by atoms with Gasteiger partial charge in [0.15, 0.2) is 0 Å². The van der Waals surface area contributed by atoms with Gasteiger partial charge in [-0.1, -0.05) is 12.2 Å². The molecule has 0 bridgehead atoms. The maximum atomic E-state index is 13.0. The van der Waals surface area contributed by atoms with Gasteiger partial charge in [-0.3, -0.25) is 0 Å². The van der Waals surface area contributed by atoms with E-state index in [9.17, 15) is 4.39 Å². The van der Waals surface area contributed by atoms with Crippen molar-refractivity contribution in [3.05, 3.63) is 35.2 Å². The Kier molecular flexibility index (Phi) is 3.65. The predicted molar refractivity (Wildman–Crippen MR) is 56.3 cm³/mol. The number of benzene rings is 1. The Bertz CT molecular complexity index is 347. The van der Waals surface area contributed by atoms with Gasteiger partial charge < -0.3 is 10.8 Å². The van der Waals surface area contributed by atoms with Crippen molar-refractivity contribution in [3.8, 4) is 0 Å². The van der Waals surface area contributed by atoms with Crippen LogP contribution in [0.4, 0.5) is 10.1 Å². The third kappa shape index (κ3) is 2.57. The molecule has 14 heavy (non-hydrogen) atoms. The van der Waals surface area contributed by atoms with Gasteiger partial charge in [-0.2, -0.15) is 0 Å². The highest BCUT2D eigenvalue weighted by Gasteiger charge is 2.01. The number of aryl methyl sites for hydroxylation is 1. The number of halogens is 1. The van der Waals surface area contributed by atoms with E-state index in [1.807, 2.05) is 0 Å². The van der Waals surface area contributed by atoms with Crippen molar-refractivity contribution in [2.45, 2.75) is 13.3 Å². The molecule has 0 fully saturated rings. The molecule has 0 heterocycles. The summed E-state index contributed by atoms with van der Waals surface area (Å²) >= 11 is 0. The molecule has 3 heteroatoms. The second-order valence-corrected chi connectivity index (χ2v) is 3.14. The van der Waals surface area contributed by atoms with Gasteiger partial charge in [-0.25, -0.2) is 4.39 Å². The predicted octanol–water partition coefficient (Wildman–Crippen LogP) is 2.11. The van der Waals surface area contributed by atoms with Crippen LogP contribution in [0.25, 0.3) is 6.08 Å². The quantitative estimate of drug-likeness (QED) is 0.725. The summed E-state index contributed by atoms with van der Waals surface area (Å²) < 4.78 is 13.0. The Morgan fingerprint density at radius 3 is 2.86 bits per heavy atom. The van der Waals surface area contributed by atoms with Crippen LogP contribution >= 0.6 is 0 Å². The number of nitrogen functional groups attached to an aromatic ring is 1. The molecular weight excluding hydrogens is 181 g/mol. The molecule has 0 atom stereocenters. The highest BCUT2D eigenvalue weighted by atomic mass is 19.1. The average Bonchev–Trinajstić information content (AvgIpc) is 2.13. The molecule has 0 saturated heterocycles. The monoisotopic (exact) mass is 195 g/mol. The van der Waals surface area contributed by atoms with Gasteiger partial charge in [-0.15, -0.1) is 0 Å². The maximum absolute atomic E-state index is 13.0. The Hall–Kier alpha value is -1.35. The molecule has 0 aliphatic carbocycles. The smallest absolute Gasteiger partial charge is 0.124 e. The van der Waals surface area contributed by atoms with Crippen LogP contribution in [0.3, 0.4) is 0 Å². The number of nitrogens with two attached hydrogens (primary N) is 1. The van der Waals surface area contributed by atoms with Crippen LogP contribution in [0.5, 0.6) is 0 Å². The zero-order valence-electron chi connectivity index (χ0n) is 8.13. The minimum atomic E-state index is -0.291. The van der Waals surface area contributed by atoms with Crippen molar-refractivity contribution in [3.63, 3.8) is 0 Å². The second kappa shape index (κ2) is 4.77. The van der Waals surface area contributed by atoms with Crippen LogP contribution in [-0.4, -0.2) is 11.7 Å².